The minimum absolute atomic E-state index is 0.0157. The fraction of sp³-hybridized carbons (Fsp3) is 0.348. The predicted molar refractivity (Wildman–Crippen MR) is 237 cm³/mol. The van der Waals surface area contributed by atoms with Crippen LogP contribution in [0.2, 0.25) is 0 Å². The van der Waals surface area contributed by atoms with Crippen LogP contribution in [0.1, 0.15) is 68.0 Å². The zero-order chi connectivity index (χ0) is 44.6. The maximum Gasteiger partial charge on any atom is 0.271 e. The summed E-state index contributed by atoms with van der Waals surface area (Å²) in [5, 5.41) is 46.5. The molecule has 0 radical (unpaired) electrons. The third-order valence-electron chi connectivity index (χ3n) is 10.3. The number of carbonyl (C=O) groups is 3. The van der Waals surface area contributed by atoms with Gasteiger partial charge in [0.05, 0.1) is 12.3 Å². The Morgan fingerprint density at radius 1 is 0.823 bits per heavy atom. The van der Waals surface area contributed by atoms with Crippen molar-refractivity contribution >= 4 is 34.3 Å². The molecule has 0 aliphatic rings. The van der Waals surface area contributed by atoms with Gasteiger partial charge in [0, 0.05) is 43.1 Å². The summed E-state index contributed by atoms with van der Waals surface area (Å²) in [5.74, 6) is -2.99. The van der Waals surface area contributed by atoms with Crippen molar-refractivity contribution < 1.29 is 34.4 Å². The first-order chi connectivity index (χ1) is 29.9. The van der Waals surface area contributed by atoms with E-state index in [1.165, 1.54) is 13.1 Å². The third kappa shape index (κ3) is 12.9. The molecule has 330 valence electrons. The molecule has 5 aromatic rings. The molecular formula is C46H58N8O8. The minimum Gasteiger partial charge on any atom is -0.494 e. The molecule has 2 heterocycles. The van der Waals surface area contributed by atoms with Crippen molar-refractivity contribution in [1.82, 2.24) is 30.5 Å². The molecule has 0 spiro atoms. The third-order valence-corrected chi connectivity index (χ3v) is 10.3. The molecule has 0 fully saturated rings. The van der Waals surface area contributed by atoms with Gasteiger partial charge in [-0.1, -0.05) is 92.7 Å². The topological polar surface area (TPSA) is 249 Å². The molecule has 62 heavy (non-hydrogen) atoms. The van der Waals surface area contributed by atoms with Crippen LogP contribution < -0.4 is 32.6 Å². The number of aliphatic hydroxyl groups is 1. The zero-order valence-electron chi connectivity index (χ0n) is 35.3. The Bertz CT molecular complexity index is 2360. The van der Waals surface area contributed by atoms with Gasteiger partial charge in [-0.05, 0) is 67.0 Å². The number of unbranched alkanes of at least 4 members (excludes halogenated alkanes) is 1. The van der Waals surface area contributed by atoms with E-state index in [0.717, 1.165) is 32.7 Å². The molecule has 5 rings (SSSR count). The Hall–Kier alpha value is -6.62. The summed E-state index contributed by atoms with van der Waals surface area (Å²) >= 11 is 0. The van der Waals surface area contributed by atoms with Gasteiger partial charge in [0.15, 0.2) is 5.88 Å². The van der Waals surface area contributed by atoms with Crippen LogP contribution >= 0.6 is 0 Å². The number of benzene rings is 3. The molecule has 4 atom stereocenters. The quantitative estimate of drug-likeness (QED) is 0.0369. The molecular weight excluding hydrogens is 793 g/mol. The van der Waals surface area contributed by atoms with Gasteiger partial charge in [-0.15, -0.1) is 0 Å². The van der Waals surface area contributed by atoms with Gasteiger partial charge in [0.25, 0.3) is 5.56 Å². The second-order valence-corrected chi connectivity index (χ2v) is 15.4. The van der Waals surface area contributed by atoms with Crippen molar-refractivity contribution in [1.29, 1.82) is 0 Å². The number of nitrogens with zero attached hydrogens (tertiary/aromatic N) is 1. The normalized spacial score (nSPS) is 13.1. The Labute approximate surface area is 360 Å². The summed E-state index contributed by atoms with van der Waals surface area (Å²) in [6.45, 7) is 4.16. The van der Waals surface area contributed by atoms with E-state index in [1.807, 2.05) is 74.5 Å². The standard InChI is InChI=1S/C46H58N8O8/c1-29(2)24-36(41(56)48-3)50-43(58)37(26-32-27-49-34-19-11-10-18-33(32)34)51-44(59)39(20-12-13-23-47)54-40(55)22-21-35(53-46(61)62-28-31-16-8-5-9-17-31)42(57)52-38(45(54)60)25-30-14-6-4-7-15-30/h4-11,14-19,21-22,27,29,36-37,39,46,49,53,55,60-61H,12-13,20,23-26,28,47H2,1-3H3,(H,48,56)(H,50,58)(H,51,59)(H,52,57)/t36-,37-,39-,46?/m0/s1. The number of ether oxygens (including phenoxy) is 1. The molecule has 0 saturated heterocycles. The van der Waals surface area contributed by atoms with Gasteiger partial charge >= 0.3 is 0 Å². The lowest BCUT2D eigenvalue weighted by atomic mass is 10.00. The molecule has 16 heteroatoms. The van der Waals surface area contributed by atoms with Crippen LogP contribution in [0, 0.1) is 5.92 Å². The van der Waals surface area contributed by atoms with Gasteiger partial charge < -0.3 is 57.0 Å². The van der Waals surface area contributed by atoms with Crippen molar-refractivity contribution in [3.05, 3.63) is 136 Å². The van der Waals surface area contributed by atoms with Gasteiger partial charge in [0.1, 0.15) is 23.8 Å². The number of nitrogens with two attached hydrogens (primary N) is 1. The summed E-state index contributed by atoms with van der Waals surface area (Å²) in [4.78, 5) is 61.8. The van der Waals surface area contributed by atoms with Crippen LogP contribution in [-0.2, 0) is 38.6 Å². The van der Waals surface area contributed by atoms with Crippen LogP contribution in [0.25, 0.3) is 10.9 Å². The Morgan fingerprint density at radius 3 is 2.16 bits per heavy atom. The highest BCUT2D eigenvalue weighted by Gasteiger charge is 2.32. The van der Waals surface area contributed by atoms with Gasteiger partial charge in [-0.3, -0.25) is 23.7 Å². The average Bonchev–Trinajstić information content (AvgIpc) is 3.69. The van der Waals surface area contributed by atoms with Gasteiger partial charge in [0.2, 0.25) is 30.0 Å². The number of nitrogens with one attached hydrogen (secondary N) is 6. The molecule has 0 saturated carbocycles. The summed E-state index contributed by atoms with van der Waals surface area (Å²) in [7, 11) is 1.48. The second kappa shape index (κ2) is 22.8. The SMILES string of the molecule is CNC(=O)[C@H](CC(C)C)NC(=O)[C@H](Cc1c[nH]c2ccccc12)NC(=O)[C@H](CCCCN)n1c(O)ccc(NC(O)OCc2ccccc2)c(=O)[nH]c(Cc2ccccc2)c1O. The lowest BCUT2D eigenvalue weighted by Gasteiger charge is -2.27. The van der Waals surface area contributed by atoms with Gasteiger partial charge in [-0.2, -0.15) is 0 Å². The van der Waals surface area contributed by atoms with Crippen LogP contribution in [0.3, 0.4) is 0 Å². The first kappa shape index (κ1) is 46.4. The number of aromatic hydroxyl groups is 2. The number of likely N-dealkylation sites (N-methyl/N-ethyl adjacent to an activating group) is 1. The van der Waals surface area contributed by atoms with E-state index >= 15 is 0 Å². The Balaban J connectivity index is 1.59. The lowest BCUT2D eigenvalue weighted by Crippen LogP contribution is -2.55. The lowest BCUT2D eigenvalue weighted by molar-refractivity contribution is -0.133. The van der Waals surface area contributed by atoms with E-state index in [4.69, 9.17) is 10.5 Å². The first-order valence-corrected chi connectivity index (χ1v) is 20.7. The van der Waals surface area contributed by atoms with E-state index < -0.39 is 59.6 Å². The number of aliphatic hydroxyl groups excluding tert-OH is 1. The molecule has 1 unspecified atom stereocenters. The number of anilines is 1. The maximum absolute atomic E-state index is 14.8. The molecule has 0 aliphatic carbocycles. The number of aromatic amines is 2. The number of H-pyrrole nitrogens is 2. The minimum atomic E-state index is -1.66. The smallest absolute Gasteiger partial charge is 0.271 e. The highest BCUT2D eigenvalue weighted by atomic mass is 16.6. The van der Waals surface area contributed by atoms with Crippen molar-refractivity contribution in [2.24, 2.45) is 11.7 Å². The van der Waals surface area contributed by atoms with Crippen molar-refractivity contribution in [2.75, 3.05) is 18.9 Å². The van der Waals surface area contributed by atoms with E-state index in [9.17, 15) is 34.5 Å². The van der Waals surface area contributed by atoms with Crippen LogP contribution in [0.15, 0.2) is 108 Å². The van der Waals surface area contributed by atoms with Crippen LogP contribution in [0.4, 0.5) is 5.69 Å². The highest BCUT2D eigenvalue weighted by Crippen LogP contribution is 2.30. The maximum atomic E-state index is 14.8. The van der Waals surface area contributed by atoms with Crippen molar-refractivity contribution in [3.63, 3.8) is 0 Å². The number of rotatable bonds is 21. The molecule has 0 bridgehead atoms. The monoisotopic (exact) mass is 850 g/mol. The van der Waals surface area contributed by atoms with Crippen LogP contribution in [0.5, 0.6) is 11.8 Å². The number of fused-ring (bicyclic) bond motifs is 1. The van der Waals surface area contributed by atoms with E-state index in [0.29, 0.717) is 31.4 Å². The second-order valence-electron chi connectivity index (χ2n) is 15.4. The molecule has 0 aliphatic heterocycles. The number of aromatic nitrogens is 3. The fourth-order valence-electron chi connectivity index (χ4n) is 7.10. The Kier molecular flexibility index (Phi) is 17.1. The molecule has 16 nitrogen and oxygen atoms in total. The van der Waals surface area contributed by atoms with E-state index in [2.05, 4.69) is 31.2 Å². The predicted octanol–water partition coefficient (Wildman–Crippen LogP) is 4.36. The highest BCUT2D eigenvalue weighted by molar-refractivity contribution is 5.93. The van der Waals surface area contributed by atoms with Crippen molar-refractivity contribution in [2.45, 2.75) is 83.5 Å². The number of carbonyl (C=O) groups excluding carboxylic acids is 3. The fourth-order valence-corrected chi connectivity index (χ4v) is 7.10. The largest absolute Gasteiger partial charge is 0.494 e. The number of amides is 3. The number of para-hydroxylation sites is 1. The number of hydrogen-bond acceptors (Lipinski definition) is 10. The van der Waals surface area contributed by atoms with E-state index in [-0.39, 0.29) is 43.2 Å². The summed E-state index contributed by atoms with van der Waals surface area (Å²) in [6, 6.07) is 24.3. The summed E-state index contributed by atoms with van der Waals surface area (Å²) in [6.07, 6.45) is 1.28. The molecule has 11 N–H and O–H groups in total. The Morgan fingerprint density at radius 2 is 1.48 bits per heavy atom. The van der Waals surface area contributed by atoms with E-state index in [1.54, 1.807) is 30.5 Å². The van der Waals surface area contributed by atoms with Crippen LogP contribution in [-0.4, -0.2) is 79.7 Å². The average molecular weight is 851 g/mol. The first-order valence-electron chi connectivity index (χ1n) is 20.7. The molecule has 2 aromatic heterocycles. The summed E-state index contributed by atoms with van der Waals surface area (Å²) in [5.41, 5.74) is 7.76. The molecule has 3 aromatic carbocycles. The number of hydrogen-bond donors (Lipinski definition) is 10. The molecule has 3 amide bonds. The summed E-state index contributed by atoms with van der Waals surface area (Å²) < 4.78 is 6.53. The van der Waals surface area contributed by atoms with Crippen molar-refractivity contribution in [3.8, 4) is 11.8 Å². The van der Waals surface area contributed by atoms with Gasteiger partial charge in [-0.25, -0.2) is 0 Å². The zero-order valence-corrected chi connectivity index (χ0v) is 35.3.